The van der Waals surface area contributed by atoms with E-state index >= 15 is 0 Å². The summed E-state index contributed by atoms with van der Waals surface area (Å²) in [5.41, 5.74) is 2.22. The van der Waals surface area contributed by atoms with Crippen LogP contribution in [0.1, 0.15) is 11.1 Å². The van der Waals surface area contributed by atoms with Crippen LogP contribution in [0.5, 0.6) is 5.75 Å². The number of rotatable bonds is 4. The van der Waals surface area contributed by atoms with Crippen LogP contribution in [0.25, 0.3) is 0 Å². The number of hydrogen-bond acceptors (Lipinski definition) is 2. The molecule has 2 N–H and O–H groups in total. The molecule has 0 aliphatic carbocycles. The quantitative estimate of drug-likeness (QED) is 0.869. The molecule has 2 aromatic carbocycles. The third kappa shape index (κ3) is 3.48. The molecule has 0 saturated heterocycles. The van der Waals surface area contributed by atoms with Gasteiger partial charge in [0, 0.05) is 18.1 Å². The maximum absolute atomic E-state index is 9.16. The van der Waals surface area contributed by atoms with E-state index in [4.69, 9.17) is 16.7 Å². The van der Waals surface area contributed by atoms with Gasteiger partial charge in [-0.05, 0) is 29.3 Å². The molecular formula is C14H14ClNO. The van der Waals surface area contributed by atoms with Crippen LogP contribution >= 0.6 is 11.6 Å². The third-order valence-electron chi connectivity index (χ3n) is 2.54. The van der Waals surface area contributed by atoms with Crippen molar-refractivity contribution in [3.63, 3.8) is 0 Å². The molecule has 0 atom stereocenters. The predicted molar refractivity (Wildman–Crippen MR) is 70.1 cm³/mol. The summed E-state index contributed by atoms with van der Waals surface area (Å²) in [5.74, 6) is 0.292. The van der Waals surface area contributed by atoms with Crippen molar-refractivity contribution in [1.29, 1.82) is 0 Å². The van der Waals surface area contributed by atoms with E-state index in [9.17, 15) is 0 Å². The van der Waals surface area contributed by atoms with Gasteiger partial charge in [-0.25, -0.2) is 0 Å². The smallest absolute Gasteiger partial charge is 0.115 e. The first-order valence-electron chi connectivity index (χ1n) is 5.48. The van der Waals surface area contributed by atoms with Crippen LogP contribution < -0.4 is 5.32 Å². The van der Waals surface area contributed by atoms with E-state index in [0.29, 0.717) is 5.75 Å². The fourth-order valence-corrected chi connectivity index (χ4v) is 1.80. The van der Waals surface area contributed by atoms with Crippen LogP contribution in [0.2, 0.25) is 5.02 Å². The van der Waals surface area contributed by atoms with Crippen molar-refractivity contribution < 1.29 is 5.11 Å². The fourth-order valence-electron chi connectivity index (χ4n) is 1.60. The van der Waals surface area contributed by atoms with Gasteiger partial charge in [0.05, 0.1) is 0 Å². The molecule has 2 aromatic rings. The van der Waals surface area contributed by atoms with Crippen LogP contribution in [0.4, 0.5) is 0 Å². The largest absolute Gasteiger partial charge is 0.508 e. The zero-order chi connectivity index (χ0) is 12.1. The van der Waals surface area contributed by atoms with Crippen LogP contribution in [0.3, 0.4) is 0 Å². The maximum Gasteiger partial charge on any atom is 0.115 e. The van der Waals surface area contributed by atoms with Crippen LogP contribution in [0, 0.1) is 0 Å². The van der Waals surface area contributed by atoms with Crippen LogP contribution in [0.15, 0.2) is 48.5 Å². The molecule has 0 bridgehead atoms. The molecule has 17 heavy (non-hydrogen) atoms. The number of nitrogens with one attached hydrogen (secondary N) is 1. The Morgan fingerprint density at radius 2 is 1.65 bits per heavy atom. The number of hydrogen-bond donors (Lipinski definition) is 2. The van der Waals surface area contributed by atoms with E-state index in [1.807, 2.05) is 36.4 Å². The summed E-state index contributed by atoms with van der Waals surface area (Å²) in [6.45, 7) is 1.49. The molecule has 0 unspecified atom stereocenters. The Bertz CT molecular complexity index is 482. The summed E-state index contributed by atoms with van der Waals surface area (Å²) in [6, 6.07) is 15.0. The first-order chi connectivity index (χ1) is 8.25. The highest BCUT2D eigenvalue weighted by atomic mass is 35.5. The molecule has 0 aromatic heterocycles. The second-order valence-electron chi connectivity index (χ2n) is 3.86. The second-order valence-corrected chi connectivity index (χ2v) is 4.27. The average Bonchev–Trinajstić information content (AvgIpc) is 2.34. The van der Waals surface area contributed by atoms with Crippen molar-refractivity contribution in [2.24, 2.45) is 0 Å². The van der Waals surface area contributed by atoms with Gasteiger partial charge in [-0.3, -0.25) is 0 Å². The fraction of sp³-hybridized carbons (Fsp3) is 0.143. The predicted octanol–water partition coefficient (Wildman–Crippen LogP) is 3.34. The van der Waals surface area contributed by atoms with Gasteiger partial charge in [0.15, 0.2) is 0 Å². The molecule has 0 saturated carbocycles. The van der Waals surface area contributed by atoms with Gasteiger partial charge in [-0.2, -0.15) is 0 Å². The lowest BCUT2D eigenvalue weighted by atomic mass is 10.2. The first-order valence-corrected chi connectivity index (χ1v) is 5.85. The molecule has 0 radical (unpaired) electrons. The van der Waals surface area contributed by atoms with Crippen LogP contribution in [-0.4, -0.2) is 5.11 Å². The van der Waals surface area contributed by atoms with Gasteiger partial charge >= 0.3 is 0 Å². The van der Waals surface area contributed by atoms with E-state index < -0.39 is 0 Å². The highest BCUT2D eigenvalue weighted by Gasteiger charge is 1.98. The molecule has 0 amide bonds. The number of benzene rings is 2. The van der Waals surface area contributed by atoms with Gasteiger partial charge in [-0.1, -0.05) is 41.9 Å². The molecule has 0 aliphatic heterocycles. The summed E-state index contributed by atoms with van der Waals surface area (Å²) in [4.78, 5) is 0. The average molecular weight is 248 g/mol. The zero-order valence-electron chi connectivity index (χ0n) is 9.36. The van der Waals surface area contributed by atoms with Crippen LogP contribution in [-0.2, 0) is 13.1 Å². The first kappa shape index (κ1) is 12.0. The minimum Gasteiger partial charge on any atom is -0.508 e. The van der Waals surface area contributed by atoms with E-state index in [0.717, 1.165) is 29.2 Å². The Morgan fingerprint density at radius 1 is 0.941 bits per heavy atom. The molecule has 2 rings (SSSR count). The van der Waals surface area contributed by atoms with Gasteiger partial charge < -0.3 is 10.4 Å². The number of phenolic OH excluding ortho intramolecular Hbond substituents is 1. The van der Waals surface area contributed by atoms with Crippen molar-refractivity contribution in [2.45, 2.75) is 13.1 Å². The Kier molecular flexibility index (Phi) is 4.02. The van der Waals surface area contributed by atoms with E-state index in [1.54, 1.807) is 12.1 Å². The Hall–Kier alpha value is -1.51. The van der Waals surface area contributed by atoms with Gasteiger partial charge in [0.2, 0.25) is 0 Å². The monoisotopic (exact) mass is 247 g/mol. The van der Waals surface area contributed by atoms with Crippen molar-refractivity contribution in [3.05, 3.63) is 64.7 Å². The van der Waals surface area contributed by atoms with Gasteiger partial charge in [0.25, 0.3) is 0 Å². The molecule has 88 valence electrons. The molecule has 2 nitrogen and oxygen atoms in total. The molecule has 0 heterocycles. The summed E-state index contributed by atoms with van der Waals surface area (Å²) < 4.78 is 0. The Morgan fingerprint density at radius 3 is 2.35 bits per heavy atom. The topological polar surface area (TPSA) is 32.3 Å². The summed E-state index contributed by atoms with van der Waals surface area (Å²) in [5, 5.41) is 13.3. The summed E-state index contributed by atoms with van der Waals surface area (Å²) in [6.07, 6.45) is 0. The molecule has 3 heteroatoms. The minimum atomic E-state index is 0.292. The molecule has 0 fully saturated rings. The molecule has 0 aliphatic rings. The number of halogens is 1. The van der Waals surface area contributed by atoms with Crippen molar-refractivity contribution >= 4 is 11.6 Å². The lowest BCUT2D eigenvalue weighted by molar-refractivity contribution is 0.475. The minimum absolute atomic E-state index is 0.292. The Labute approximate surface area is 106 Å². The Balaban J connectivity index is 1.88. The SMILES string of the molecule is Oc1ccc(CNCc2ccccc2Cl)cc1. The van der Waals surface area contributed by atoms with Crippen molar-refractivity contribution in [1.82, 2.24) is 5.32 Å². The molecular weight excluding hydrogens is 234 g/mol. The highest BCUT2D eigenvalue weighted by molar-refractivity contribution is 6.31. The van der Waals surface area contributed by atoms with Gasteiger partial charge in [0.1, 0.15) is 5.75 Å². The normalized spacial score (nSPS) is 10.4. The van der Waals surface area contributed by atoms with E-state index in [1.165, 1.54) is 0 Å². The molecule has 0 spiro atoms. The van der Waals surface area contributed by atoms with E-state index in [-0.39, 0.29) is 0 Å². The second kappa shape index (κ2) is 5.71. The number of phenols is 1. The lowest BCUT2D eigenvalue weighted by Gasteiger charge is -2.06. The van der Waals surface area contributed by atoms with Gasteiger partial charge in [-0.15, -0.1) is 0 Å². The summed E-state index contributed by atoms with van der Waals surface area (Å²) >= 11 is 6.05. The van der Waals surface area contributed by atoms with Crippen molar-refractivity contribution in [2.75, 3.05) is 0 Å². The van der Waals surface area contributed by atoms with Crippen molar-refractivity contribution in [3.8, 4) is 5.75 Å². The summed E-state index contributed by atoms with van der Waals surface area (Å²) in [7, 11) is 0. The maximum atomic E-state index is 9.16. The third-order valence-corrected chi connectivity index (χ3v) is 2.91. The number of aromatic hydroxyl groups is 1. The zero-order valence-corrected chi connectivity index (χ0v) is 10.1. The highest BCUT2D eigenvalue weighted by Crippen LogP contribution is 2.15. The van der Waals surface area contributed by atoms with E-state index in [2.05, 4.69) is 5.32 Å². The lowest BCUT2D eigenvalue weighted by Crippen LogP contribution is -2.12. The standard InChI is InChI=1S/C14H14ClNO/c15-14-4-2-1-3-12(14)10-16-9-11-5-7-13(17)8-6-11/h1-8,16-17H,9-10H2.